The molecule has 3 heteroatoms. The van der Waals surface area contributed by atoms with Gasteiger partial charge in [0.15, 0.2) is 0 Å². The summed E-state index contributed by atoms with van der Waals surface area (Å²) in [5.74, 6) is 0.513. The van der Waals surface area contributed by atoms with Crippen LogP contribution in [0.1, 0.15) is 38.5 Å². The van der Waals surface area contributed by atoms with E-state index >= 15 is 0 Å². The Bertz CT molecular complexity index is 245. The highest BCUT2D eigenvalue weighted by Gasteiger charge is 2.49. The van der Waals surface area contributed by atoms with Crippen LogP contribution in [0.3, 0.4) is 0 Å². The fourth-order valence-corrected chi connectivity index (χ4v) is 3.99. The number of hydrogen-bond acceptors (Lipinski definition) is 3. The average Bonchev–Trinajstić information content (AvgIpc) is 3.01. The average molecular weight is 225 g/mol. The van der Waals surface area contributed by atoms with Gasteiger partial charge in [0, 0.05) is 25.8 Å². The molecule has 2 atom stereocenters. The van der Waals surface area contributed by atoms with Crippen LogP contribution in [0.5, 0.6) is 0 Å². The van der Waals surface area contributed by atoms with Gasteiger partial charge in [0.25, 0.3) is 0 Å². The van der Waals surface area contributed by atoms with Gasteiger partial charge in [-0.05, 0) is 38.1 Å². The van der Waals surface area contributed by atoms with Crippen LogP contribution in [0, 0.1) is 5.92 Å². The summed E-state index contributed by atoms with van der Waals surface area (Å²) in [5.41, 5.74) is 0.199. The van der Waals surface area contributed by atoms with E-state index in [-0.39, 0.29) is 5.60 Å². The summed E-state index contributed by atoms with van der Waals surface area (Å²) < 4.78 is 6.09. The van der Waals surface area contributed by atoms with Gasteiger partial charge in [-0.3, -0.25) is 4.90 Å². The SMILES string of the molecule is OCC1CCN(C2CCOC23CCCC3)C1. The molecule has 0 radical (unpaired) electrons. The third-order valence-corrected chi connectivity index (χ3v) is 4.85. The molecule has 0 aromatic heterocycles. The standard InChI is InChI=1S/C13H23NO2/c15-10-11-3-7-14(9-11)12-4-8-16-13(12)5-1-2-6-13/h11-12,15H,1-10H2. The summed E-state index contributed by atoms with van der Waals surface area (Å²) in [7, 11) is 0. The lowest BCUT2D eigenvalue weighted by Gasteiger charge is -2.36. The molecular formula is C13H23NO2. The summed E-state index contributed by atoms with van der Waals surface area (Å²) in [6, 6.07) is 0.645. The molecule has 16 heavy (non-hydrogen) atoms. The second-order valence-corrected chi connectivity index (χ2v) is 5.76. The molecule has 0 aromatic carbocycles. The van der Waals surface area contributed by atoms with E-state index in [2.05, 4.69) is 4.90 Å². The van der Waals surface area contributed by atoms with Crippen molar-refractivity contribution in [3.8, 4) is 0 Å². The van der Waals surface area contributed by atoms with Crippen LogP contribution >= 0.6 is 0 Å². The molecule has 2 saturated heterocycles. The normalized spacial score (nSPS) is 38.8. The minimum atomic E-state index is 0.199. The van der Waals surface area contributed by atoms with Crippen molar-refractivity contribution < 1.29 is 9.84 Å². The Morgan fingerprint density at radius 1 is 1.25 bits per heavy atom. The maximum atomic E-state index is 9.23. The largest absolute Gasteiger partial charge is 0.396 e. The van der Waals surface area contributed by atoms with E-state index in [1.165, 1.54) is 45.1 Å². The van der Waals surface area contributed by atoms with Crippen molar-refractivity contribution in [2.45, 2.75) is 50.2 Å². The minimum Gasteiger partial charge on any atom is -0.396 e. The molecule has 2 heterocycles. The number of ether oxygens (including phenoxy) is 1. The molecule has 2 unspecified atom stereocenters. The quantitative estimate of drug-likeness (QED) is 0.771. The van der Waals surface area contributed by atoms with Crippen LogP contribution in [0.4, 0.5) is 0 Å². The second kappa shape index (κ2) is 4.28. The van der Waals surface area contributed by atoms with E-state index < -0.39 is 0 Å². The zero-order valence-corrected chi connectivity index (χ0v) is 10.0. The van der Waals surface area contributed by atoms with Crippen molar-refractivity contribution in [2.24, 2.45) is 5.92 Å². The summed E-state index contributed by atoms with van der Waals surface area (Å²) in [5, 5.41) is 9.23. The van der Waals surface area contributed by atoms with Gasteiger partial charge in [-0.1, -0.05) is 12.8 Å². The van der Waals surface area contributed by atoms with E-state index in [4.69, 9.17) is 4.74 Å². The van der Waals surface area contributed by atoms with E-state index in [9.17, 15) is 5.11 Å². The molecule has 3 nitrogen and oxygen atoms in total. The highest BCUT2D eigenvalue weighted by atomic mass is 16.5. The monoisotopic (exact) mass is 225 g/mol. The summed E-state index contributed by atoms with van der Waals surface area (Å²) in [6.07, 6.45) is 7.58. The molecule has 0 amide bonds. The third kappa shape index (κ3) is 1.69. The summed E-state index contributed by atoms with van der Waals surface area (Å²) in [6.45, 7) is 3.56. The maximum Gasteiger partial charge on any atom is 0.0837 e. The topological polar surface area (TPSA) is 32.7 Å². The van der Waals surface area contributed by atoms with E-state index in [1.54, 1.807) is 0 Å². The minimum absolute atomic E-state index is 0.199. The molecule has 1 aliphatic carbocycles. The Kier molecular flexibility index (Phi) is 2.94. The van der Waals surface area contributed by atoms with Crippen LogP contribution in [0.15, 0.2) is 0 Å². The third-order valence-electron chi connectivity index (χ3n) is 4.85. The van der Waals surface area contributed by atoms with Gasteiger partial charge in [0.2, 0.25) is 0 Å². The molecule has 3 rings (SSSR count). The molecule has 3 fully saturated rings. The van der Waals surface area contributed by atoms with E-state index in [1.807, 2.05) is 0 Å². The van der Waals surface area contributed by atoms with Crippen LogP contribution in [-0.4, -0.2) is 48.0 Å². The highest BCUT2D eigenvalue weighted by Crippen LogP contribution is 2.44. The predicted octanol–water partition coefficient (Wildman–Crippen LogP) is 1.40. The van der Waals surface area contributed by atoms with Gasteiger partial charge in [-0.25, -0.2) is 0 Å². The molecule has 1 spiro atoms. The number of nitrogens with zero attached hydrogens (tertiary/aromatic N) is 1. The van der Waals surface area contributed by atoms with Crippen LogP contribution < -0.4 is 0 Å². The first-order valence-corrected chi connectivity index (χ1v) is 6.83. The van der Waals surface area contributed by atoms with Crippen molar-refractivity contribution in [2.75, 3.05) is 26.3 Å². The fourth-order valence-electron chi connectivity index (χ4n) is 3.99. The Morgan fingerprint density at radius 2 is 2.06 bits per heavy atom. The Balaban J connectivity index is 1.69. The lowest BCUT2D eigenvalue weighted by atomic mass is 9.91. The lowest BCUT2D eigenvalue weighted by molar-refractivity contribution is -0.0306. The van der Waals surface area contributed by atoms with Crippen LogP contribution in [0.2, 0.25) is 0 Å². The Hall–Kier alpha value is -0.120. The highest BCUT2D eigenvalue weighted by molar-refractivity contribution is 5.02. The molecule has 0 bridgehead atoms. The van der Waals surface area contributed by atoms with Gasteiger partial charge in [0.1, 0.15) is 0 Å². The number of hydrogen-bond donors (Lipinski definition) is 1. The first-order chi connectivity index (χ1) is 7.84. The van der Waals surface area contributed by atoms with Gasteiger partial charge >= 0.3 is 0 Å². The lowest BCUT2D eigenvalue weighted by Crippen LogP contribution is -2.47. The molecular weight excluding hydrogens is 202 g/mol. The van der Waals surface area contributed by atoms with E-state index in [0.717, 1.165) is 13.2 Å². The Morgan fingerprint density at radius 3 is 2.75 bits per heavy atom. The molecule has 2 aliphatic heterocycles. The molecule has 1 N–H and O–H groups in total. The molecule has 3 aliphatic rings. The maximum absolute atomic E-state index is 9.23. The predicted molar refractivity (Wildman–Crippen MR) is 62.3 cm³/mol. The fraction of sp³-hybridized carbons (Fsp3) is 1.00. The zero-order valence-electron chi connectivity index (χ0n) is 10.0. The first-order valence-electron chi connectivity index (χ1n) is 6.83. The van der Waals surface area contributed by atoms with Gasteiger partial charge in [-0.15, -0.1) is 0 Å². The van der Waals surface area contributed by atoms with E-state index in [0.29, 0.717) is 18.6 Å². The number of rotatable bonds is 2. The van der Waals surface area contributed by atoms with Gasteiger partial charge in [0.05, 0.1) is 5.60 Å². The summed E-state index contributed by atoms with van der Waals surface area (Å²) >= 11 is 0. The first kappa shape index (κ1) is 11.0. The van der Waals surface area contributed by atoms with Crippen LogP contribution in [0.25, 0.3) is 0 Å². The van der Waals surface area contributed by atoms with Gasteiger partial charge in [-0.2, -0.15) is 0 Å². The van der Waals surface area contributed by atoms with Gasteiger partial charge < -0.3 is 9.84 Å². The van der Waals surface area contributed by atoms with Crippen molar-refractivity contribution in [1.29, 1.82) is 0 Å². The number of likely N-dealkylation sites (tertiary alicyclic amines) is 1. The number of aliphatic hydroxyl groups excluding tert-OH is 1. The van der Waals surface area contributed by atoms with Crippen molar-refractivity contribution >= 4 is 0 Å². The zero-order chi connectivity index (χ0) is 11.0. The Labute approximate surface area is 97.8 Å². The van der Waals surface area contributed by atoms with Crippen molar-refractivity contribution in [1.82, 2.24) is 4.90 Å². The smallest absolute Gasteiger partial charge is 0.0837 e. The summed E-state index contributed by atoms with van der Waals surface area (Å²) in [4.78, 5) is 2.60. The number of aliphatic hydroxyl groups is 1. The second-order valence-electron chi connectivity index (χ2n) is 5.76. The molecule has 1 saturated carbocycles. The molecule has 0 aromatic rings. The van der Waals surface area contributed by atoms with Crippen LogP contribution in [-0.2, 0) is 4.74 Å². The molecule has 92 valence electrons. The van der Waals surface area contributed by atoms with Crippen molar-refractivity contribution in [3.63, 3.8) is 0 Å². The van der Waals surface area contributed by atoms with Crippen molar-refractivity contribution in [3.05, 3.63) is 0 Å².